The van der Waals surface area contributed by atoms with Crippen molar-refractivity contribution in [1.29, 1.82) is 0 Å². The van der Waals surface area contributed by atoms with Gasteiger partial charge in [-0.2, -0.15) is 0 Å². The number of rotatable bonds is 7. The Morgan fingerprint density at radius 1 is 1.08 bits per heavy atom. The highest BCUT2D eigenvalue weighted by Crippen LogP contribution is 2.22. The summed E-state index contributed by atoms with van der Waals surface area (Å²) in [5, 5.41) is 12.1. The summed E-state index contributed by atoms with van der Waals surface area (Å²) >= 11 is 2.63. The van der Waals surface area contributed by atoms with E-state index in [0.29, 0.717) is 22.2 Å². The maximum atomic E-state index is 13.1. The Bertz CT molecular complexity index is 887. The minimum absolute atomic E-state index is 0.192. The number of amides is 1. The lowest BCUT2D eigenvalue weighted by Gasteiger charge is -2.02. The summed E-state index contributed by atoms with van der Waals surface area (Å²) in [6.07, 6.45) is 0.900. The Balaban J connectivity index is 1.45. The van der Waals surface area contributed by atoms with Gasteiger partial charge in [-0.3, -0.25) is 4.79 Å². The van der Waals surface area contributed by atoms with Gasteiger partial charge in [0, 0.05) is 23.5 Å². The Morgan fingerprint density at radius 2 is 1.88 bits per heavy atom. The highest BCUT2D eigenvalue weighted by atomic mass is 32.2. The van der Waals surface area contributed by atoms with Gasteiger partial charge in [0.2, 0.25) is 11.0 Å². The Labute approximate surface area is 157 Å². The smallest absolute Gasteiger partial charge is 0.227 e. The molecule has 4 nitrogen and oxygen atoms in total. The molecule has 3 aromatic rings. The molecule has 0 aliphatic carbocycles. The summed E-state index contributed by atoms with van der Waals surface area (Å²) in [7, 11) is 0. The van der Waals surface area contributed by atoms with Crippen LogP contribution in [0.4, 0.5) is 13.9 Å². The molecule has 8 heteroatoms. The molecule has 1 N–H and O–H groups in total. The number of thioether (sulfide) groups is 1. The third-order valence-electron chi connectivity index (χ3n) is 3.40. The fourth-order valence-electron chi connectivity index (χ4n) is 2.16. The zero-order valence-corrected chi connectivity index (χ0v) is 15.2. The molecule has 2 aromatic carbocycles. The van der Waals surface area contributed by atoms with Crippen LogP contribution in [0.25, 0.3) is 0 Å². The zero-order chi connectivity index (χ0) is 18.4. The van der Waals surface area contributed by atoms with Crippen molar-refractivity contribution in [2.75, 3.05) is 11.1 Å². The molecule has 0 radical (unpaired) electrons. The molecule has 0 fully saturated rings. The van der Waals surface area contributed by atoms with Crippen molar-refractivity contribution in [2.24, 2.45) is 0 Å². The van der Waals surface area contributed by atoms with Crippen molar-refractivity contribution in [2.45, 2.75) is 17.7 Å². The van der Waals surface area contributed by atoms with E-state index >= 15 is 0 Å². The Kier molecular flexibility index (Phi) is 6.30. The maximum absolute atomic E-state index is 13.1. The average molecular weight is 391 g/mol. The van der Waals surface area contributed by atoms with E-state index < -0.39 is 11.6 Å². The van der Waals surface area contributed by atoms with Crippen molar-refractivity contribution in [1.82, 2.24) is 10.2 Å². The van der Waals surface area contributed by atoms with Gasteiger partial charge in [-0.25, -0.2) is 8.78 Å². The molecule has 0 aliphatic rings. The lowest BCUT2D eigenvalue weighted by molar-refractivity contribution is -0.115. The number of aromatic nitrogens is 2. The second kappa shape index (κ2) is 8.86. The number of hydrogen-bond acceptors (Lipinski definition) is 5. The predicted molar refractivity (Wildman–Crippen MR) is 99.5 cm³/mol. The number of nitrogens with zero attached hydrogens (tertiary/aromatic N) is 2. The van der Waals surface area contributed by atoms with E-state index in [1.165, 1.54) is 29.2 Å². The first-order valence-electron chi connectivity index (χ1n) is 7.84. The second-order valence-electron chi connectivity index (χ2n) is 5.39. The van der Waals surface area contributed by atoms with Crippen molar-refractivity contribution < 1.29 is 13.6 Å². The summed E-state index contributed by atoms with van der Waals surface area (Å²) in [5.41, 5.74) is 1.13. The summed E-state index contributed by atoms with van der Waals surface area (Å²) in [6.45, 7) is 0. The van der Waals surface area contributed by atoms with Crippen molar-refractivity contribution in [3.05, 3.63) is 70.7 Å². The first-order valence-corrected chi connectivity index (χ1v) is 9.64. The highest BCUT2D eigenvalue weighted by molar-refractivity contribution is 7.99. The van der Waals surface area contributed by atoms with E-state index in [9.17, 15) is 13.6 Å². The summed E-state index contributed by atoms with van der Waals surface area (Å²) in [5.74, 6) is -1.51. The Hall–Kier alpha value is -2.32. The highest BCUT2D eigenvalue weighted by Gasteiger charge is 2.09. The molecule has 26 heavy (non-hydrogen) atoms. The fraction of sp³-hybridized carbons (Fsp3) is 0.167. The molecule has 0 saturated heterocycles. The molecule has 0 spiro atoms. The number of carbonyl (C=O) groups excluding carboxylic acids is 1. The number of hydrogen-bond donors (Lipinski definition) is 1. The molecule has 0 saturated carbocycles. The first-order chi connectivity index (χ1) is 12.6. The van der Waals surface area contributed by atoms with Gasteiger partial charge in [-0.05, 0) is 23.8 Å². The van der Waals surface area contributed by atoms with Gasteiger partial charge >= 0.3 is 0 Å². The van der Waals surface area contributed by atoms with Crippen LogP contribution >= 0.6 is 23.1 Å². The van der Waals surface area contributed by atoms with Gasteiger partial charge in [-0.1, -0.05) is 41.7 Å². The zero-order valence-electron chi connectivity index (χ0n) is 13.6. The van der Waals surface area contributed by atoms with Crippen molar-refractivity contribution >= 4 is 34.1 Å². The minimum atomic E-state index is -0.890. The monoisotopic (exact) mass is 391 g/mol. The lowest BCUT2D eigenvalue weighted by Crippen LogP contribution is -2.11. The molecule has 0 atom stereocenters. The molecule has 1 heterocycles. The molecule has 0 aliphatic heterocycles. The number of carbonyl (C=O) groups is 1. The quantitative estimate of drug-likeness (QED) is 0.602. The van der Waals surface area contributed by atoms with Gasteiger partial charge < -0.3 is 5.32 Å². The topological polar surface area (TPSA) is 54.9 Å². The van der Waals surface area contributed by atoms with Crippen LogP contribution in [0, 0.1) is 11.6 Å². The largest absolute Gasteiger partial charge is 0.301 e. The third kappa shape index (κ3) is 5.34. The summed E-state index contributed by atoms with van der Waals surface area (Å²) in [4.78, 5) is 12.6. The average Bonchev–Trinajstić information content (AvgIpc) is 3.05. The number of anilines is 1. The lowest BCUT2D eigenvalue weighted by atomic mass is 10.2. The molecule has 0 bridgehead atoms. The van der Waals surface area contributed by atoms with Crippen LogP contribution in [0.5, 0.6) is 0 Å². The molecular weight excluding hydrogens is 376 g/mol. The SMILES string of the molecule is O=C(CCSc1ccc(F)c(F)c1)Nc1nnc(Cc2ccccc2)s1. The molecule has 1 aromatic heterocycles. The van der Waals surface area contributed by atoms with Gasteiger partial charge in [0.1, 0.15) is 5.01 Å². The standard InChI is InChI=1S/C18H15F2N3OS2/c19-14-7-6-13(11-15(14)20)25-9-8-16(24)21-18-23-22-17(26-18)10-12-4-2-1-3-5-12/h1-7,11H,8-10H2,(H,21,23,24). The number of nitrogens with one attached hydrogen (secondary N) is 1. The third-order valence-corrected chi connectivity index (χ3v) is 5.23. The van der Waals surface area contributed by atoms with Crippen molar-refractivity contribution in [3.8, 4) is 0 Å². The Morgan fingerprint density at radius 3 is 2.65 bits per heavy atom. The maximum Gasteiger partial charge on any atom is 0.227 e. The van der Waals surface area contributed by atoms with Crippen LogP contribution in [-0.4, -0.2) is 21.9 Å². The second-order valence-corrected chi connectivity index (χ2v) is 7.62. The van der Waals surface area contributed by atoms with Crippen LogP contribution in [-0.2, 0) is 11.2 Å². The molecule has 1 amide bonds. The first kappa shape index (κ1) is 18.5. The van der Waals surface area contributed by atoms with Crippen LogP contribution in [0.1, 0.15) is 17.0 Å². The van der Waals surface area contributed by atoms with E-state index in [4.69, 9.17) is 0 Å². The van der Waals surface area contributed by atoms with Gasteiger partial charge in [0.05, 0.1) is 0 Å². The van der Waals surface area contributed by atoms with Gasteiger partial charge in [0.25, 0.3) is 0 Å². The van der Waals surface area contributed by atoms with E-state index in [1.807, 2.05) is 30.3 Å². The molecule has 0 unspecified atom stereocenters. The normalized spacial score (nSPS) is 10.7. The summed E-state index contributed by atoms with van der Waals surface area (Å²) in [6, 6.07) is 13.6. The van der Waals surface area contributed by atoms with E-state index in [0.717, 1.165) is 22.7 Å². The number of halogens is 2. The van der Waals surface area contributed by atoms with Gasteiger partial charge in [0.15, 0.2) is 11.6 Å². The molecule has 3 rings (SSSR count). The number of benzene rings is 2. The molecule has 134 valence electrons. The van der Waals surface area contributed by atoms with Crippen LogP contribution in [0.2, 0.25) is 0 Å². The van der Waals surface area contributed by atoms with Crippen LogP contribution in [0.15, 0.2) is 53.4 Å². The van der Waals surface area contributed by atoms with E-state index in [-0.39, 0.29) is 12.3 Å². The molecular formula is C18H15F2N3OS2. The minimum Gasteiger partial charge on any atom is -0.301 e. The predicted octanol–water partition coefficient (Wildman–Crippen LogP) is 4.53. The van der Waals surface area contributed by atoms with Gasteiger partial charge in [-0.15, -0.1) is 22.0 Å². The van der Waals surface area contributed by atoms with Crippen LogP contribution < -0.4 is 5.32 Å². The van der Waals surface area contributed by atoms with Crippen molar-refractivity contribution in [3.63, 3.8) is 0 Å². The van der Waals surface area contributed by atoms with E-state index in [1.54, 1.807) is 0 Å². The van der Waals surface area contributed by atoms with E-state index in [2.05, 4.69) is 15.5 Å². The van der Waals surface area contributed by atoms with Crippen LogP contribution in [0.3, 0.4) is 0 Å². The fourth-order valence-corrected chi connectivity index (χ4v) is 3.82. The summed E-state index contributed by atoms with van der Waals surface area (Å²) < 4.78 is 26.0.